The number of esters is 1. The van der Waals surface area contributed by atoms with Crippen molar-refractivity contribution in [2.75, 3.05) is 33.7 Å². The van der Waals surface area contributed by atoms with E-state index in [1.165, 1.54) is 33.1 Å². The third-order valence-electron chi connectivity index (χ3n) is 4.98. The van der Waals surface area contributed by atoms with Gasteiger partial charge in [0.05, 0.1) is 45.2 Å². The number of hydrogen-bond donors (Lipinski definition) is 0. The van der Waals surface area contributed by atoms with Crippen LogP contribution in [0.15, 0.2) is 28.4 Å². The first-order chi connectivity index (χ1) is 14.8. The van der Waals surface area contributed by atoms with Crippen molar-refractivity contribution < 1.29 is 28.5 Å². The van der Waals surface area contributed by atoms with E-state index in [4.69, 9.17) is 18.9 Å². The van der Waals surface area contributed by atoms with E-state index in [1.807, 2.05) is 13.8 Å². The predicted octanol–water partition coefficient (Wildman–Crippen LogP) is 3.56. The van der Waals surface area contributed by atoms with Crippen LogP contribution in [-0.2, 0) is 14.3 Å². The molecular weight excluding hydrogens is 420 g/mol. The molecule has 8 nitrogen and oxygen atoms in total. The van der Waals surface area contributed by atoms with Gasteiger partial charge in [-0.15, -0.1) is 0 Å². The molecule has 0 aromatic heterocycles. The molecule has 1 saturated heterocycles. The summed E-state index contributed by atoms with van der Waals surface area (Å²) < 4.78 is 22.0. The van der Waals surface area contributed by atoms with Crippen molar-refractivity contribution in [1.29, 1.82) is 0 Å². The van der Waals surface area contributed by atoms with Crippen molar-refractivity contribution in [1.82, 2.24) is 4.90 Å². The molecule has 1 aromatic carbocycles. The Labute approximate surface area is 186 Å². The van der Waals surface area contributed by atoms with Crippen LogP contribution in [0.1, 0.15) is 38.8 Å². The van der Waals surface area contributed by atoms with E-state index in [2.05, 4.69) is 4.99 Å². The quantitative estimate of drug-likeness (QED) is 0.590. The smallest absolute Gasteiger partial charge is 0.338 e. The summed E-state index contributed by atoms with van der Waals surface area (Å²) in [5, 5.41) is 0.577. The Hall–Kier alpha value is -2.68. The number of carbonyl (C=O) groups excluding carboxylic acids is 2. The molecule has 1 amide bonds. The maximum absolute atomic E-state index is 13.1. The zero-order valence-electron chi connectivity index (χ0n) is 18.7. The van der Waals surface area contributed by atoms with Crippen molar-refractivity contribution in [2.24, 2.45) is 10.9 Å². The Morgan fingerprint density at radius 3 is 2.39 bits per heavy atom. The molecule has 0 N–H and O–H groups in total. The molecule has 1 fully saturated rings. The fourth-order valence-electron chi connectivity index (χ4n) is 3.55. The summed E-state index contributed by atoms with van der Waals surface area (Å²) in [6.45, 7) is 5.97. The van der Waals surface area contributed by atoms with E-state index in [0.29, 0.717) is 51.4 Å². The van der Waals surface area contributed by atoms with Crippen LogP contribution in [0.25, 0.3) is 0 Å². The fraction of sp³-hybridized carbons (Fsp3) is 0.500. The minimum absolute atomic E-state index is 0.0992. The molecule has 3 rings (SSSR count). The number of allylic oxidation sites excluding steroid dienone is 1. The van der Waals surface area contributed by atoms with Crippen LogP contribution in [0.5, 0.6) is 17.2 Å². The number of aliphatic imine (C=N–C) groups is 1. The third kappa shape index (κ3) is 4.51. The molecule has 2 aliphatic rings. The zero-order chi connectivity index (χ0) is 22.7. The lowest BCUT2D eigenvalue weighted by atomic mass is 9.93. The zero-order valence-corrected chi connectivity index (χ0v) is 19.5. The minimum atomic E-state index is -0.707. The average molecular weight is 449 g/mol. The van der Waals surface area contributed by atoms with Crippen LogP contribution in [-0.4, -0.2) is 55.6 Å². The Bertz CT molecular complexity index is 915. The molecule has 0 radical (unpaired) electrons. The summed E-state index contributed by atoms with van der Waals surface area (Å²) in [7, 11) is 4.57. The lowest BCUT2D eigenvalue weighted by Gasteiger charge is -2.39. The summed E-state index contributed by atoms with van der Waals surface area (Å²) in [5.41, 5.74) is 1.50. The summed E-state index contributed by atoms with van der Waals surface area (Å²) >= 11 is 1.49. The van der Waals surface area contributed by atoms with Crippen LogP contribution >= 0.6 is 11.8 Å². The van der Waals surface area contributed by atoms with Gasteiger partial charge in [-0.3, -0.25) is 9.69 Å². The SMILES string of the molecule is COc1cc(C2C(C(=O)OCC(C)C)=C(C)N=C3SCCC(=O)N32)cc(OC)c1OC. The molecule has 0 saturated carbocycles. The van der Waals surface area contributed by atoms with Gasteiger partial charge in [0.1, 0.15) is 0 Å². The summed E-state index contributed by atoms with van der Waals surface area (Å²) in [6.07, 6.45) is 0.359. The number of carbonyl (C=O) groups is 2. The Morgan fingerprint density at radius 1 is 1.19 bits per heavy atom. The van der Waals surface area contributed by atoms with Crippen LogP contribution in [0.4, 0.5) is 0 Å². The van der Waals surface area contributed by atoms with E-state index >= 15 is 0 Å². The van der Waals surface area contributed by atoms with Crippen molar-refractivity contribution in [3.8, 4) is 17.2 Å². The lowest BCUT2D eigenvalue weighted by molar-refractivity contribution is -0.141. The van der Waals surface area contributed by atoms with E-state index < -0.39 is 12.0 Å². The van der Waals surface area contributed by atoms with E-state index in [-0.39, 0.29) is 18.4 Å². The number of nitrogens with zero attached hydrogens (tertiary/aromatic N) is 2. The number of methoxy groups -OCH3 is 3. The van der Waals surface area contributed by atoms with Gasteiger partial charge in [0.2, 0.25) is 11.7 Å². The van der Waals surface area contributed by atoms with Crippen LogP contribution in [0.2, 0.25) is 0 Å². The second kappa shape index (κ2) is 9.64. The topological polar surface area (TPSA) is 86.7 Å². The van der Waals surface area contributed by atoms with Crippen LogP contribution < -0.4 is 14.2 Å². The van der Waals surface area contributed by atoms with Gasteiger partial charge in [-0.05, 0) is 30.5 Å². The number of thioether (sulfide) groups is 1. The summed E-state index contributed by atoms with van der Waals surface area (Å²) in [4.78, 5) is 32.2. The predicted molar refractivity (Wildman–Crippen MR) is 119 cm³/mol. The Morgan fingerprint density at radius 2 is 1.84 bits per heavy atom. The molecule has 168 valence electrons. The Kier molecular flexibility index (Phi) is 7.15. The number of ether oxygens (including phenoxy) is 4. The molecule has 2 aliphatic heterocycles. The standard InChI is InChI=1S/C22H28N2O6S/c1-12(2)11-30-21(26)18-13(3)23-22-24(17(25)7-8-31-22)19(18)14-9-15(27-4)20(29-6)16(10-14)28-5/h9-10,12,19H,7-8,11H2,1-6H3. The van der Waals surface area contributed by atoms with Crippen LogP contribution in [0, 0.1) is 5.92 Å². The summed E-state index contributed by atoms with van der Waals surface area (Å²) in [5.74, 6) is 1.54. The molecule has 1 unspecified atom stereocenters. The molecule has 1 aromatic rings. The molecule has 9 heteroatoms. The van der Waals surface area contributed by atoms with Gasteiger partial charge in [0.15, 0.2) is 16.7 Å². The number of hydrogen-bond acceptors (Lipinski definition) is 8. The van der Waals surface area contributed by atoms with E-state index in [9.17, 15) is 9.59 Å². The number of rotatable bonds is 7. The number of fused-ring (bicyclic) bond motifs is 1. The van der Waals surface area contributed by atoms with Gasteiger partial charge >= 0.3 is 5.97 Å². The molecular formula is C22H28N2O6S. The van der Waals surface area contributed by atoms with E-state index in [0.717, 1.165) is 0 Å². The van der Waals surface area contributed by atoms with Gasteiger partial charge in [-0.2, -0.15) is 0 Å². The van der Waals surface area contributed by atoms with Crippen molar-refractivity contribution >= 4 is 28.8 Å². The highest BCUT2D eigenvalue weighted by Gasteiger charge is 2.42. The Balaban J connectivity index is 2.18. The number of amides is 1. The van der Waals surface area contributed by atoms with E-state index in [1.54, 1.807) is 24.0 Å². The average Bonchev–Trinajstić information content (AvgIpc) is 2.75. The monoisotopic (exact) mass is 448 g/mol. The van der Waals surface area contributed by atoms with Gasteiger partial charge in [0.25, 0.3) is 0 Å². The number of amidine groups is 1. The molecule has 2 heterocycles. The molecule has 0 spiro atoms. The molecule has 31 heavy (non-hydrogen) atoms. The molecule has 0 aliphatic carbocycles. The van der Waals surface area contributed by atoms with Gasteiger partial charge in [-0.25, -0.2) is 9.79 Å². The second-order valence-corrected chi connectivity index (χ2v) is 8.67. The molecule has 0 bridgehead atoms. The van der Waals surface area contributed by atoms with Gasteiger partial charge in [0, 0.05) is 12.2 Å². The van der Waals surface area contributed by atoms with Gasteiger partial charge < -0.3 is 18.9 Å². The highest BCUT2D eigenvalue weighted by molar-refractivity contribution is 8.14. The van der Waals surface area contributed by atoms with Crippen LogP contribution in [0.3, 0.4) is 0 Å². The normalized spacial score (nSPS) is 18.5. The van der Waals surface area contributed by atoms with Crippen molar-refractivity contribution in [3.63, 3.8) is 0 Å². The van der Waals surface area contributed by atoms with Crippen molar-refractivity contribution in [2.45, 2.75) is 33.2 Å². The first-order valence-electron chi connectivity index (χ1n) is 10.0. The van der Waals surface area contributed by atoms with Crippen molar-refractivity contribution in [3.05, 3.63) is 29.0 Å². The largest absolute Gasteiger partial charge is 0.493 e. The fourth-order valence-corrected chi connectivity index (χ4v) is 4.56. The second-order valence-electron chi connectivity index (χ2n) is 7.61. The first kappa shape index (κ1) is 23.0. The molecule has 1 atom stereocenters. The first-order valence-corrected chi connectivity index (χ1v) is 11.0. The maximum Gasteiger partial charge on any atom is 0.338 e. The maximum atomic E-state index is 13.1. The summed E-state index contributed by atoms with van der Waals surface area (Å²) in [6, 6.07) is 2.80. The highest BCUT2D eigenvalue weighted by Crippen LogP contribution is 2.45. The van der Waals surface area contributed by atoms with Gasteiger partial charge in [-0.1, -0.05) is 25.6 Å². The third-order valence-corrected chi connectivity index (χ3v) is 5.93. The lowest BCUT2D eigenvalue weighted by Crippen LogP contribution is -2.46. The highest BCUT2D eigenvalue weighted by atomic mass is 32.2. The number of benzene rings is 1. The minimum Gasteiger partial charge on any atom is -0.493 e.